The van der Waals surface area contributed by atoms with E-state index in [1.54, 1.807) is 0 Å². The molecule has 29 heavy (non-hydrogen) atoms. The molecule has 5 heteroatoms. The zero-order valence-electron chi connectivity index (χ0n) is 16.3. The molecule has 0 amide bonds. The van der Waals surface area contributed by atoms with E-state index in [0.29, 0.717) is 19.8 Å². The van der Waals surface area contributed by atoms with Crippen molar-refractivity contribution in [3.63, 3.8) is 0 Å². The Morgan fingerprint density at radius 3 is 2.48 bits per heavy atom. The second-order valence-corrected chi connectivity index (χ2v) is 8.01. The van der Waals surface area contributed by atoms with Crippen LogP contribution < -0.4 is 4.74 Å². The first-order valence-corrected chi connectivity index (χ1v) is 10.3. The summed E-state index contributed by atoms with van der Waals surface area (Å²) in [6.07, 6.45) is 1.86. The first-order valence-electron chi connectivity index (χ1n) is 10.3. The molecular weight excluding hydrogens is 366 g/mol. The molecule has 0 spiro atoms. The van der Waals surface area contributed by atoms with Crippen molar-refractivity contribution in [2.45, 2.75) is 25.5 Å². The van der Waals surface area contributed by atoms with Crippen LogP contribution in [0.2, 0.25) is 0 Å². The molecule has 3 aliphatic heterocycles. The van der Waals surface area contributed by atoms with E-state index in [0.717, 1.165) is 37.2 Å². The fourth-order valence-electron chi connectivity index (χ4n) is 4.88. The minimum atomic E-state index is -0.750. The van der Waals surface area contributed by atoms with Gasteiger partial charge in [-0.1, -0.05) is 48.0 Å². The lowest BCUT2D eigenvalue weighted by atomic mass is 9.86. The Bertz CT molecular complexity index is 907. The first-order chi connectivity index (χ1) is 14.2. The molecule has 1 N–H and O–H groups in total. The van der Waals surface area contributed by atoms with Crippen LogP contribution in [0, 0.1) is 5.92 Å². The van der Waals surface area contributed by atoms with Gasteiger partial charge in [0.15, 0.2) is 0 Å². The SMILES string of the molecule is O=C(O)C1COCC1N1CCC(=C2c3ccccc3COc3ccccc32)CC1. The number of piperidine rings is 1. The molecule has 2 aromatic rings. The molecule has 3 heterocycles. The molecule has 5 rings (SSSR count). The number of likely N-dealkylation sites (tertiary alicyclic amines) is 1. The Labute approximate surface area is 170 Å². The monoisotopic (exact) mass is 391 g/mol. The van der Waals surface area contributed by atoms with E-state index in [-0.39, 0.29) is 6.04 Å². The lowest BCUT2D eigenvalue weighted by Crippen LogP contribution is -2.46. The van der Waals surface area contributed by atoms with Crippen LogP contribution in [0.5, 0.6) is 5.75 Å². The normalized spacial score (nSPS) is 24.4. The number of fused-ring (bicyclic) bond motifs is 2. The maximum atomic E-state index is 11.5. The molecule has 2 fully saturated rings. The summed E-state index contributed by atoms with van der Waals surface area (Å²) in [6.45, 7) is 3.14. The van der Waals surface area contributed by atoms with Crippen LogP contribution in [0.15, 0.2) is 54.1 Å². The third kappa shape index (κ3) is 3.34. The number of carbonyl (C=O) groups is 1. The molecule has 2 saturated heterocycles. The highest BCUT2D eigenvalue weighted by Crippen LogP contribution is 2.41. The van der Waals surface area contributed by atoms with Gasteiger partial charge in [-0.15, -0.1) is 0 Å². The lowest BCUT2D eigenvalue weighted by molar-refractivity contribution is -0.143. The van der Waals surface area contributed by atoms with Gasteiger partial charge in [0.25, 0.3) is 0 Å². The fraction of sp³-hybridized carbons (Fsp3) is 0.375. The molecule has 0 bridgehead atoms. The van der Waals surface area contributed by atoms with Crippen molar-refractivity contribution in [3.05, 3.63) is 70.8 Å². The number of nitrogens with zero attached hydrogens (tertiary/aromatic N) is 1. The fourth-order valence-corrected chi connectivity index (χ4v) is 4.88. The number of benzene rings is 2. The number of para-hydroxylation sites is 1. The highest BCUT2D eigenvalue weighted by molar-refractivity contribution is 5.87. The van der Waals surface area contributed by atoms with E-state index in [1.807, 2.05) is 12.1 Å². The predicted octanol–water partition coefficient (Wildman–Crippen LogP) is 3.58. The van der Waals surface area contributed by atoms with Crippen LogP contribution >= 0.6 is 0 Å². The van der Waals surface area contributed by atoms with Crippen LogP contribution in [0.4, 0.5) is 0 Å². The van der Waals surface area contributed by atoms with Gasteiger partial charge in [0.1, 0.15) is 12.4 Å². The lowest BCUT2D eigenvalue weighted by Gasteiger charge is -2.35. The van der Waals surface area contributed by atoms with Crippen molar-refractivity contribution < 1.29 is 19.4 Å². The van der Waals surface area contributed by atoms with E-state index >= 15 is 0 Å². The Balaban J connectivity index is 1.49. The van der Waals surface area contributed by atoms with Gasteiger partial charge >= 0.3 is 5.97 Å². The van der Waals surface area contributed by atoms with Gasteiger partial charge in [-0.3, -0.25) is 9.69 Å². The number of ether oxygens (including phenoxy) is 2. The van der Waals surface area contributed by atoms with E-state index < -0.39 is 11.9 Å². The van der Waals surface area contributed by atoms with Crippen molar-refractivity contribution in [1.29, 1.82) is 0 Å². The van der Waals surface area contributed by atoms with Gasteiger partial charge < -0.3 is 14.6 Å². The van der Waals surface area contributed by atoms with Crippen LogP contribution in [-0.4, -0.2) is 48.3 Å². The highest BCUT2D eigenvalue weighted by Gasteiger charge is 2.39. The van der Waals surface area contributed by atoms with Gasteiger partial charge in [-0.2, -0.15) is 0 Å². The van der Waals surface area contributed by atoms with E-state index in [1.165, 1.54) is 22.3 Å². The van der Waals surface area contributed by atoms with E-state index in [2.05, 4.69) is 41.3 Å². The van der Waals surface area contributed by atoms with Crippen molar-refractivity contribution in [3.8, 4) is 5.75 Å². The molecule has 5 nitrogen and oxygen atoms in total. The zero-order chi connectivity index (χ0) is 19.8. The molecule has 2 atom stereocenters. The number of carboxylic acids is 1. The van der Waals surface area contributed by atoms with Gasteiger partial charge in [0, 0.05) is 24.7 Å². The number of hydrogen-bond acceptors (Lipinski definition) is 4. The van der Waals surface area contributed by atoms with Gasteiger partial charge in [0.2, 0.25) is 0 Å². The predicted molar refractivity (Wildman–Crippen MR) is 110 cm³/mol. The summed E-state index contributed by atoms with van der Waals surface area (Å²) in [5.41, 5.74) is 6.36. The number of aliphatic carboxylic acids is 1. The molecule has 0 saturated carbocycles. The first kappa shape index (κ1) is 18.4. The molecule has 150 valence electrons. The highest BCUT2D eigenvalue weighted by atomic mass is 16.5. The Morgan fingerprint density at radius 2 is 1.69 bits per heavy atom. The van der Waals surface area contributed by atoms with E-state index in [4.69, 9.17) is 9.47 Å². The Hall–Kier alpha value is -2.63. The largest absolute Gasteiger partial charge is 0.488 e. The smallest absolute Gasteiger partial charge is 0.310 e. The molecule has 2 aromatic carbocycles. The summed E-state index contributed by atoms with van der Waals surface area (Å²) in [5, 5.41) is 9.49. The summed E-state index contributed by atoms with van der Waals surface area (Å²) < 4.78 is 11.6. The van der Waals surface area contributed by atoms with Crippen molar-refractivity contribution in [2.75, 3.05) is 26.3 Å². The Morgan fingerprint density at radius 1 is 0.966 bits per heavy atom. The minimum absolute atomic E-state index is 0.0175. The number of hydrogen-bond donors (Lipinski definition) is 1. The second-order valence-electron chi connectivity index (χ2n) is 8.01. The van der Waals surface area contributed by atoms with Gasteiger partial charge in [-0.25, -0.2) is 0 Å². The molecule has 0 aliphatic carbocycles. The van der Waals surface area contributed by atoms with Gasteiger partial charge in [0.05, 0.1) is 19.1 Å². The van der Waals surface area contributed by atoms with Crippen LogP contribution in [0.25, 0.3) is 5.57 Å². The summed E-state index contributed by atoms with van der Waals surface area (Å²) in [5.74, 6) is -0.235. The third-order valence-corrected chi connectivity index (χ3v) is 6.42. The summed E-state index contributed by atoms with van der Waals surface area (Å²) in [7, 11) is 0. The minimum Gasteiger partial charge on any atom is -0.488 e. The average molecular weight is 391 g/mol. The van der Waals surface area contributed by atoms with Crippen molar-refractivity contribution in [1.82, 2.24) is 4.90 Å². The molecule has 0 aromatic heterocycles. The molecule has 2 unspecified atom stereocenters. The topological polar surface area (TPSA) is 59.0 Å². The van der Waals surface area contributed by atoms with Crippen molar-refractivity contribution >= 4 is 11.5 Å². The van der Waals surface area contributed by atoms with Crippen LogP contribution in [-0.2, 0) is 16.1 Å². The number of rotatable bonds is 2. The molecule has 0 radical (unpaired) electrons. The van der Waals surface area contributed by atoms with Crippen LogP contribution in [0.3, 0.4) is 0 Å². The summed E-state index contributed by atoms with van der Waals surface area (Å²) in [4.78, 5) is 13.9. The van der Waals surface area contributed by atoms with E-state index in [9.17, 15) is 9.90 Å². The van der Waals surface area contributed by atoms with Crippen LogP contribution in [0.1, 0.15) is 29.5 Å². The standard InChI is InChI=1S/C24H25NO4/c26-24(27)20-14-28-15-21(20)25-11-9-16(10-12-25)23-18-6-2-1-5-17(18)13-29-22-8-4-3-7-19(22)23/h1-8,20-21H,9-15H2,(H,26,27). The summed E-state index contributed by atoms with van der Waals surface area (Å²) >= 11 is 0. The van der Waals surface area contributed by atoms with Crippen molar-refractivity contribution in [2.24, 2.45) is 5.92 Å². The number of carboxylic acid groups (broad SMARTS) is 1. The second kappa shape index (κ2) is 7.65. The summed E-state index contributed by atoms with van der Waals surface area (Å²) in [6, 6.07) is 16.8. The zero-order valence-corrected chi connectivity index (χ0v) is 16.3. The Kier molecular flexibility index (Phi) is 4.86. The maximum Gasteiger partial charge on any atom is 0.310 e. The average Bonchev–Trinajstić information content (AvgIpc) is 3.18. The third-order valence-electron chi connectivity index (χ3n) is 6.42. The maximum absolute atomic E-state index is 11.5. The van der Waals surface area contributed by atoms with Gasteiger partial charge in [-0.05, 0) is 35.6 Å². The molecular formula is C24H25NO4. The molecule has 3 aliphatic rings. The quantitative estimate of drug-likeness (QED) is 0.848.